The molecular formula is C12H12ClFOS. The van der Waals surface area contributed by atoms with Gasteiger partial charge in [0.05, 0.1) is 10.3 Å². The number of thioether (sulfide) groups is 1. The maximum Gasteiger partial charge on any atom is 0.150 e. The first-order chi connectivity index (χ1) is 7.68. The van der Waals surface area contributed by atoms with E-state index < -0.39 is 5.82 Å². The average Bonchev–Trinajstić information content (AvgIpc) is 2.78. The number of halogens is 2. The van der Waals surface area contributed by atoms with E-state index in [9.17, 15) is 9.18 Å². The third-order valence-corrected chi connectivity index (χ3v) is 4.53. The lowest BCUT2D eigenvalue weighted by molar-refractivity contribution is -0.117. The van der Waals surface area contributed by atoms with Crippen LogP contribution in [0.4, 0.5) is 4.39 Å². The number of Topliss-reactive ketones (excluding diaryl/α,β-unsaturated/α-hetero) is 1. The van der Waals surface area contributed by atoms with Gasteiger partial charge in [-0.1, -0.05) is 23.7 Å². The second kappa shape index (κ2) is 5.19. The molecule has 0 amide bonds. The Bertz CT molecular complexity index is 402. The predicted molar refractivity (Wildman–Crippen MR) is 65.6 cm³/mol. The van der Waals surface area contributed by atoms with Crippen molar-refractivity contribution in [1.82, 2.24) is 0 Å². The molecule has 4 heteroatoms. The molecule has 1 heterocycles. The van der Waals surface area contributed by atoms with Gasteiger partial charge in [0, 0.05) is 6.42 Å². The van der Waals surface area contributed by atoms with Crippen LogP contribution in [0, 0.1) is 5.82 Å². The summed E-state index contributed by atoms with van der Waals surface area (Å²) in [7, 11) is 0. The highest BCUT2D eigenvalue weighted by molar-refractivity contribution is 8.00. The van der Waals surface area contributed by atoms with Gasteiger partial charge in [-0.25, -0.2) is 4.39 Å². The van der Waals surface area contributed by atoms with Crippen molar-refractivity contribution in [2.24, 2.45) is 0 Å². The maximum absolute atomic E-state index is 13.2. The van der Waals surface area contributed by atoms with E-state index in [1.54, 1.807) is 23.9 Å². The second-order valence-electron chi connectivity index (χ2n) is 3.86. The van der Waals surface area contributed by atoms with Crippen molar-refractivity contribution in [1.29, 1.82) is 0 Å². The van der Waals surface area contributed by atoms with Gasteiger partial charge < -0.3 is 0 Å². The van der Waals surface area contributed by atoms with E-state index in [0.717, 1.165) is 18.6 Å². The number of carbonyl (C=O) groups is 1. The van der Waals surface area contributed by atoms with Gasteiger partial charge in [0.25, 0.3) is 0 Å². The minimum absolute atomic E-state index is 0.0823. The van der Waals surface area contributed by atoms with Crippen LogP contribution >= 0.6 is 23.4 Å². The summed E-state index contributed by atoms with van der Waals surface area (Å²) in [6.07, 6.45) is 2.28. The standard InChI is InChI=1S/C12H12ClFOS/c13-12-8(3-1-4-9(12)14)7-10(15)11-5-2-6-16-11/h1,3-4,11H,2,5-7H2. The highest BCUT2D eigenvalue weighted by atomic mass is 35.5. The van der Waals surface area contributed by atoms with E-state index in [2.05, 4.69) is 0 Å². The Labute approximate surface area is 103 Å². The Morgan fingerprint density at radius 1 is 1.56 bits per heavy atom. The van der Waals surface area contributed by atoms with Gasteiger partial charge in [-0.2, -0.15) is 11.8 Å². The number of ketones is 1. The minimum atomic E-state index is -0.453. The molecule has 1 aliphatic heterocycles. The molecule has 0 N–H and O–H groups in total. The van der Waals surface area contributed by atoms with Crippen molar-refractivity contribution in [2.75, 3.05) is 5.75 Å². The molecule has 86 valence electrons. The monoisotopic (exact) mass is 258 g/mol. The zero-order chi connectivity index (χ0) is 11.5. The predicted octanol–water partition coefficient (Wildman–Crippen LogP) is 3.49. The average molecular weight is 259 g/mol. The number of hydrogen-bond acceptors (Lipinski definition) is 2. The van der Waals surface area contributed by atoms with Crippen molar-refractivity contribution in [3.63, 3.8) is 0 Å². The lowest BCUT2D eigenvalue weighted by Crippen LogP contribution is -2.16. The molecule has 1 unspecified atom stereocenters. The largest absolute Gasteiger partial charge is 0.298 e. The summed E-state index contributed by atoms with van der Waals surface area (Å²) in [5, 5.41) is 0.165. The lowest BCUT2D eigenvalue weighted by atomic mass is 10.0. The molecule has 1 aromatic rings. The van der Waals surface area contributed by atoms with E-state index in [4.69, 9.17) is 11.6 Å². The third-order valence-electron chi connectivity index (χ3n) is 2.69. The van der Waals surface area contributed by atoms with Gasteiger partial charge >= 0.3 is 0 Å². The highest BCUT2D eigenvalue weighted by Gasteiger charge is 2.24. The fourth-order valence-corrected chi connectivity index (χ4v) is 3.23. The fraction of sp³-hybridized carbons (Fsp3) is 0.417. The quantitative estimate of drug-likeness (QED) is 0.826. The molecule has 1 saturated heterocycles. The van der Waals surface area contributed by atoms with Gasteiger partial charge in [-0.3, -0.25) is 4.79 Å². The Morgan fingerprint density at radius 2 is 2.38 bits per heavy atom. The zero-order valence-corrected chi connectivity index (χ0v) is 10.3. The fourth-order valence-electron chi connectivity index (χ4n) is 1.82. The van der Waals surface area contributed by atoms with Crippen LogP contribution in [0.5, 0.6) is 0 Å². The molecule has 0 saturated carbocycles. The van der Waals surface area contributed by atoms with Crippen LogP contribution in [0.25, 0.3) is 0 Å². The van der Waals surface area contributed by atoms with Gasteiger partial charge in [-0.05, 0) is 30.2 Å². The molecule has 0 spiro atoms. The molecule has 0 aliphatic carbocycles. The van der Waals surface area contributed by atoms with E-state index in [0.29, 0.717) is 5.56 Å². The van der Waals surface area contributed by atoms with Crippen molar-refractivity contribution >= 4 is 29.1 Å². The molecule has 0 radical (unpaired) electrons. The molecule has 1 atom stereocenters. The summed E-state index contributed by atoms with van der Waals surface area (Å²) in [4.78, 5) is 11.9. The number of carbonyl (C=O) groups excluding carboxylic acids is 1. The van der Waals surface area contributed by atoms with Crippen LogP contribution in [0.15, 0.2) is 18.2 Å². The smallest absolute Gasteiger partial charge is 0.150 e. The third kappa shape index (κ3) is 2.58. The topological polar surface area (TPSA) is 17.1 Å². The molecular weight excluding hydrogens is 247 g/mol. The van der Waals surface area contributed by atoms with Crippen molar-refractivity contribution in [3.05, 3.63) is 34.6 Å². The summed E-state index contributed by atoms with van der Waals surface area (Å²) >= 11 is 7.50. The molecule has 1 aromatic carbocycles. The summed E-state index contributed by atoms with van der Waals surface area (Å²) < 4.78 is 13.2. The summed E-state index contributed by atoms with van der Waals surface area (Å²) in [6.45, 7) is 0. The summed E-state index contributed by atoms with van der Waals surface area (Å²) in [5.74, 6) is 0.758. The van der Waals surface area contributed by atoms with Crippen LogP contribution in [-0.2, 0) is 11.2 Å². The van der Waals surface area contributed by atoms with Crippen molar-refractivity contribution in [3.8, 4) is 0 Å². The molecule has 1 fully saturated rings. The van der Waals surface area contributed by atoms with Crippen molar-refractivity contribution in [2.45, 2.75) is 24.5 Å². The Balaban J connectivity index is 2.08. The Hall–Kier alpha value is -0.540. The summed E-state index contributed by atoms with van der Waals surface area (Å²) in [6, 6.07) is 4.61. The molecule has 16 heavy (non-hydrogen) atoms. The first-order valence-electron chi connectivity index (χ1n) is 5.25. The first kappa shape index (κ1) is 11.9. The van der Waals surface area contributed by atoms with Crippen LogP contribution in [-0.4, -0.2) is 16.8 Å². The molecule has 2 rings (SSSR count). The Morgan fingerprint density at radius 3 is 3.06 bits per heavy atom. The van der Waals surface area contributed by atoms with Crippen LogP contribution in [0.2, 0.25) is 5.02 Å². The lowest BCUT2D eigenvalue weighted by Gasteiger charge is -2.08. The van der Waals surface area contributed by atoms with E-state index in [1.165, 1.54) is 6.07 Å². The maximum atomic E-state index is 13.2. The second-order valence-corrected chi connectivity index (χ2v) is 5.55. The van der Waals surface area contributed by atoms with E-state index >= 15 is 0 Å². The SMILES string of the molecule is O=C(Cc1cccc(F)c1Cl)C1CCCS1. The highest BCUT2D eigenvalue weighted by Crippen LogP contribution is 2.29. The van der Waals surface area contributed by atoms with Gasteiger partial charge in [-0.15, -0.1) is 0 Å². The molecule has 1 nitrogen and oxygen atoms in total. The van der Waals surface area contributed by atoms with E-state index in [1.807, 2.05) is 0 Å². The van der Waals surface area contributed by atoms with Gasteiger partial charge in [0.15, 0.2) is 0 Å². The normalized spacial score (nSPS) is 20.0. The molecule has 1 aliphatic rings. The van der Waals surface area contributed by atoms with Crippen LogP contribution in [0.3, 0.4) is 0 Å². The minimum Gasteiger partial charge on any atom is -0.298 e. The van der Waals surface area contributed by atoms with Crippen molar-refractivity contribution < 1.29 is 9.18 Å². The Kier molecular flexibility index (Phi) is 3.87. The van der Waals surface area contributed by atoms with E-state index in [-0.39, 0.29) is 22.5 Å². The summed E-state index contributed by atoms with van der Waals surface area (Å²) in [5.41, 5.74) is 0.596. The van der Waals surface area contributed by atoms with Crippen LogP contribution in [0.1, 0.15) is 18.4 Å². The van der Waals surface area contributed by atoms with Crippen LogP contribution < -0.4 is 0 Å². The first-order valence-corrected chi connectivity index (χ1v) is 6.68. The zero-order valence-electron chi connectivity index (χ0n) is 8.71. The number of rotatable bonds is 3. The number of benzene rings is 1. The number of hydrogen-bond donors (Lipinski definition) is 0. The molecule has 0 aromatic heterocycles. The van der Waals surface area contributed by atoms with Gasteiger partial charge in [0.1, 0.15) is 11.6 Å². The molecule has 0 bridgehead atoms. The van der Waals surface area contributed by atoms with Gasteiger partial charge in [0.2, 0.25) is 0 Å².